The Kier molecular flexibility index (Phi) is 5.11. The molecule has 6 heteroatoms. The first-order valence-corrected chi connectivity index (χ1v) is 8.16. The highest BCUT2D eigenvalue weighted by Gasteiger charge is 2.34. The first-order chi connectivity index (χ1) is 12.2. The van der Waals surface area contributed by atoms with Crippen LogP contribution in [0.25, 0.3) is 0 Å². The second-order valence-electron chi connectivity index (χ2n) is 5.59. The largest absolute Gasteiger partial charge is 0.493 e. The Morgan fingerprint density at radius 2 is 1.64 bits per heavy atom. The normalized spacial score (nSPS) is 12.6. The fourth-order valence-corrected chi connectivity index (χ4v) is 2.80. The highest BCUT2D eigenvalue weighted by Crippen LogP contribution is 2.36. The van der Waals surface area contributed by atoms with Gasteiger partial charge in [-0.3, -0.25) is 19.9 Å². The van der Waals surface area contributed by atoms with Crippen molar-refractivity contribution in [2.24, 2.45) is 0 Å². The van der Waals surface area contributed by atoms with E-state index < -0.39 is 0 Å². The van der Waals surface area contributed by atoms with E-state index in [0.29, 0.717) is 34.7 Å². The van der Waals surface area contributed by atoms with Gasteiger partial charge in [0.1, 0.15) is 5.75 Å². The number of rotatable bonds is 7. The minimum atomic E-state index is -0.262. The molecule has 6 nitrogen and oxygen atoms in total. The molecule has 0 atom stereocenters. The zero-order valence-electron chi connectivity index (χ0n) is 13.9. The molecule has 0 heterocycles. The minimum absolute atomic E-state index is 0.0669. The Labute approximate surface area is 145 Å². The number of carbonyl (C=O) groups excluding carboxylic acids is 2. The van der Waals surface area contributed by atoms with E-state index >= 15 is 0 Å². The van der Waals surface area contributed by atoms with Crippen LogP contribution in [0.4, 0.5) is 5.69 Å². The summed E-state index contributed by atoms with van der Waals surface area (Å²) in [4.78, 5) is 31.1. The smallest absolute Gasteiger partial charge is 0.198 e. The fourth-order valence-electron chi connectivity index (χ4n) is 2.80. The van der Waals surface area contributed by atoms with Gasteiger partial charge in [0.2, 0.25) is 0 Å². The summed E-state index contributed by atoms with van der Waals surface area (Å²) in [5.74, 6) is -0.0809. The number of hydrogen-bond acceptors (Lipinski definition) is 6. The number of anilines is 1. The van der Waals surface area contributed by atoms with E-state index in [9.17, 15) is 9.59 Å². The number of benzene rings is 2. The number of ketones is 2. The lowest BCUT2D eigenvalue weighted by Gasteiger charge is -2.22. The fraction of sp³-hybridized carbons (Fsp3) is 0.263. The van der Waals surface area contributed by atoms with Gasteiger partial charge in [-0.05, 0) is 18.6 Å². The van der Waals surface area contributed by atoms with Crippen molar-refractivity contribution in [1.82, 2.24) is 0 Å². The molecular weight excluding hydrogens is 322 g/mol. The molecule has 0 amide bonds. The van der Waals surface area contributed by atoms with Crippen LogP contribution in [0.5, 0.6) is 5.75 Å². The maximum absolute atomic E-state index is 13.0. The molecule has 1 aliphatic rings. The molecule has 0 saturated carbocycles. The lowest BCUT2D eigenvalue weighted by atomic mass is 9.83. The Morgan fingerprint density at radius 1 is 0.960 bits per heavy atom. The molecule has 25 heavy (non-hydrogen) atoms. The topological polar surface area (TPSA) is 84.9 Å². The van der Waals surface area contributed by atoms with Gasteiger partial charge in [-0.2, -0.15) is 0 Å². The van der Waals surface area contributed by atoms with Crippen LogP contribution in [0.1, 0.15) is 45.2 Å². The lowest BCUT2D eigenvalue weighted by Crippen LogP contribution is -2.23. The summed E-state index contributed by atoms with van der Waals surface area (Å²) in [5, 5.41) is 8.81. The zero-order chi connectivity index (χ0) is 17.8. The third-order valence-corrected chi connectivity index (χ3v) is 3.87. The summed E-state index contributed by atoms with van der Waals surface area (Å²) in [6.07, 6.45) is 0.804. The SMILES string of the molecule is CCCOc1cccc2c1C(=O)c1cccc(NOCCO)c1C2=O. The van der Waals surface area contributed by atoms with E-state index in [4.69, 9.17) is 14.7 Å². The molecule has 0 radical (unpaired) electrons. The molecule has 0 spiro atoms. The number of nitrogens with one attached hydrogen (secondary N) is 1. The van der Waals surface area contributed by atoms with Gasteiger partial charge in [-0.1, -0.05) is 31.2 Å². The van der Waals surface area contributed by atoms with Gasteiger partial charge in [0, 0.05) is 11.1 Å². The Balaban J connectivity index is 2.05. The second-order valence-corrected chi connectivity index (χ2v) is 5.59. The number of carbonyl (C=O) groups is 2. The molecule has 0 fully saturated rings. The highest BCUT2D eigenvalue weighted by atomic mass is 16.6. The number of fused-ring (bicyclic) bond motifs is 2. The molecule has 3 rings (SSSR count). The standard InChI is InChI=1S/C19H19NO5/c1-2-10-24-15-8-4-6-13-17(15)19(23)12-5-3-7-14(16(12)18(13)22)20-25-11-9-21/h3-8,20-21H,2,9-11H2,1H3. The maximum Gasteiger partial charge on any atom is 0.198 e. The molecule has 0 unspecified atom stereocenters. The van der Waals surface area contributed by atoms with Crippen LogP contribution >= 0.6 is 0 Å². The van der Waals surface area contributed by atoms with Crippen molar-refractivity contribution in [3.8, 4) is 5.75 Å². The Bertz CT molecular complexity index is 815. The summed E-state index contributed by atoms with van der Waals surface area (Å²) in [6, 6.07) is 9.99. The van der Waals surface area contributed by atoms with E-state index in [0.717, 1.165) is 6.42 Å². The van der Waals surface area contributed by atoms with Gasteiger partial charge in [0.05, 0.1) is 36.6 Å². The average Bonchev–Trinajstić information content (AvgIpc) is 2.64. The third-order valence-electron chi connectivity index (χ3n) is 3.87. The lowest BCUT2D eigenvalue weighted by molar-refractivity contribution is 0.0974. The summed E-state index contributed by atoms with van der Waals surface area (Å²) in [7, 11) is 0. The minimum Gasteiger partial charge on any atom is -0.493 e. The quantitative estimate of drug-likeness (QED) is 0.507. The molecule has 2 aromatic carbocycles. The van der Waals surface area contributed by atoms with Crippen LogP contribution in [0.2, 0.25) is 0 Å². The summed E-state index contributed by atoms with van der Waals surface area (Å²) >= 11 is 0. The van der Waals surface area contributed by atoms with Gasteiger partial charge in [0.25, 0.3) is 0 Å². The monoisotopic (exact) mass is 341 g/mol. The third kappa shape index (κ3) is 3.14. The van der Waals surface area contributed by atoms with E-state index in [1.165, 1.54) is 0 Å². The van der Waals surface area contributed by atoms with Crippen LogP contribution in [0, 0.1) is 0 Å². The summed E-state index contributed by atoms with van der Waals surface area (Å²) in [5.41, 5.74) is 4.24. The highest BCUT2D eigenvalue weighted by molar-refractivity contribution is 6.31. The number of aliphatic hydroxyl groups is 1. The zero-order valence-corrected chi connectivity index (χ0v) is 13.9. The molecule has 2 N–H and O–H groups in total. The Morgan fingerprint density at radius 3 is 2.36 bits per heavy atom. The van der Waals surface area contributed by atoms with E-state index in [-0.39, 0.29) is 30.3 Å². The predicted octanol–water partition coefficient (Wildman–Crippen LogP) is 2.59. The molecule has 0 bridgehead atoms. The molecule has 0 saturated heterocycles. The van der Waals surface area contributed by atoms with Gasteiger partial charge in [-0.25, -0.2) is 0 Å². The number of aliphatic hydroxyl groups excluding tert-OH is 1. The van der Waals surface area contributed by atoms with Crippen LogP contribution in [-0.2, 0) is 4.84 Å². The molecule has 0 aromatic heterocycles. The van der Waals surface area contributed by atoms with E-state index in [1.54, 1.807) is 36.4 Å². The predicted molar refractivity (Wildman–Crippen MR) is 92.2 cm³/mol. The first-order valence-electron chi connectivity index (χ1n) is 8.16. The van der Waals surface area contributed by atoms with Crippen LogP contribution in [-0.4, -0.2) is 36.5 Å². The molecular formula is C19H19NO5. The maximum atomic E-state index is 13.0. The van der Waals surface area contributed by atoms with Crippen molar-refractivity contribution in [2.75, 3.05) is 25.3 Å². The molecule has 2 aromatic rings. The summed E-state index contributed by atoms with van der Waals surface area (Å²) < 4.78 is 5.66. The van der Waals surface area contributed by atoms with E-state index in [1.807, 2.05) is 6.92 Å². The number of hydrogen-bond donors (Lipinski definition) is 2. The van der Waals surface area contributed by atoms with Crippen molar-refractivity contribution in [2.45, 2.75) is 13.3 Å². The van der Waals surface area contributed by atoms with Gasteiger partial charge in [-0.15, -0.1) is 0 Å². The second kappa shape index (κ2) is 7.46. The van der Waals surface area contributed by atoms with Crippen molar-refractivity contribution < 1.29 is 24.3 Å². The van der Waals surface area contributed by atoms with Crippen molar-refractivity contribution in [3.05, 3.63) is 58.7 Å². The van der Waals surface area contributed by atoms with Gasteiger partial charge < -0.3 is 9.84 Å². The van der Waals surface area contributed by atoms with Crippen LogP contribution in [0.3, 0.4) is 0 Å². The number of ether oxygens (including phenoxy) is 1. The van der Waals surface area contributed by atoms with E-state index in [2.05, 4.69) is 5.48 Å². The Hall–Kier alpha value is -2.70. The van der Waals surface area contributed by atoms with Gasteiger partial charge in [0.15, 0.2) is 11.6 Å². The van der Waals surface area contributed by atoms with Crippen molar-refractivity contribution in [3.63, 3.8) is 0 Å². The first kappa shape index (κ1) is 17.1. The summed E-state index contributed by atoms with van der Waals surface area (Å²) in [6.45, 7) is 2.36. The van der Waals surface area contributed by atoms with Crippen molar-refractivity contribution in [1.29, 1.82) is 0 Å². The molecule has 0 aliphatic heterocycles. The van der Waals surface area contributed by atoms with Crippen LogP contribution in [0.15, 0.2) is 36.4 Å². The van der Waals surface area contributed by atoms with Gasteiger partial charge >= 0.3 is 0 Å². The molecule has 1 aliphatic carbocycles. The van der Waals surface area contributed by atoms with Crippen molar-refractivity contribution >= 4 is 17.3 Å². The average molecular weight is 341 g/mol. The molecule has 130 valence electrons. The van der Waals surface area contributed by atoms with Crippen LogP contribution < -0.4 is 10.2 Å².